The van der Waals surface area contributed by atoms with Crippen LogP contribution >= 0.6 is 0 Å². The lowest BCUT2D eigenvalue weighted by Crippen LogP contribution is -2.33. The van der Waals surface area contributed by atoms with Gasteiger partial charge in [-0.1, -0.05) is 13.8 Å². The summed E-state index contributed by atoms with van der Waals surface area (Å²) in [6, 6.07) is 3.04. The number of rotatable bonds is 6. The van der Waals surface area contributed by atoms with Crippen molar-refractivity contribution in [2.45, 2.75) is 39.5 Å². The molecule has 0 aliphatic carbocycles. The maximum absolute atomic E-state index is 5.98. The predicted molar refractivity (Wildman–Crippen MR) is 64.1 cm³/mol. The fraction of sp³-hybridized carbons (Fsp3) is 0.727. The first kappa shape index (κ1) is 12.5. The third-order valence-corrected chi connectivity index (χ3v) is 5.01. The number of aromatic nitrogens is 2. The van der Waals surface area contributed by atoms with E-state index in [-0.39, 0.29) is 0 Å². The minimum absolute atomic E-state index is 0.727. The summed E-state index contributed by atoms with van der Waals surface area (Å²) in [5.41, 5.74) is 0. The highest BCUT2D eigenvalue weighted by Crippen LogP contribution is 2.17. The lowest BCUT2D eigenvalue weighted by molar-refractivity contribution is 0.278. The van der Waals surface area contributed by atoms with Crippen LogP contribution in [-0.4, -0.2) is 24.7 Å². The van der Waals surface area contributed by atoms with Crippen molar-refractivity contribution in [3.8, 4) is 0 Å². The van der Waals surface area contributed by atoms with E-state index in [0.717, 1.165) is 19.1 Å². The molecule has 0 unspecified atom stereocenters. The van der Waals surface area contributed by atoms with Crippen LogP contribution in [0.25, 0.3) is 0 Å². The average Bonchev–Trinajstić information content (AvgIpc) is 2.53. The van der Waals surface area contributed by atoms with Crippen molar-refractivity contribution in [1.29, 1.82) is 0 Å². The van der Waals surface area contributed by atoms with Gasteiger partial charge in [0.2, 0.25) is 0 Å². The SMILES string of the molecule is CC(C)C[Si](C)(C)OCCn1cc[c]n1. The summed E-state index contributed by atoms with van der Waals surface area (Å²) in [5.74, 6) is 0.727. The summed E-state index contributed by atoms with van der Waals surface area (Å²) in [6.07, 6.45) is 4.70. The van der Waals surface area contributed by atoms with Gasteiger partial charge in [0, 0.05) is 6.20 Å². The van der Waals surface area contributed by atoms with Crippen LogP contribution in [0.15, 0.2) is 12.3 Å². The smallest absolute Gasteiger partial charge is 0.187 e. The Morgan fingerprint density at radius 1 is 1.47 bits per heavy atom. The maximum Gasteiger partial charge on any atom is 0.187 e. The second-order valence-electron chi connectivity index (χ2n) is 4.91. The second kappa shape index (κ2) is 5.46. The first-order valence-corrected chi connectivity index (χ1v) is 8.64. The van der Waals surface area contributed by atoms with Gasteiger partial charge >= 0.3 is 0 Å². The monoisotopic (exact) mass is 225 g/mol. The van der Waals surface area contributed by atoms with Gasteiger partial charge in [-0.05, 0) is 31.1 Å². The molecular weight excluding hydrogens is 204 g/mol. The molecule has 1 radical (unpaired) electrons. The van der Waals surface area contributed by atoms with Crippen LogP contribution in [0.2, 0.25) is 19.1 Å². The Bertz CT molecular complexity index is 270. The van der Waals surface area contributed by atoms with Crippen LogP contribution in [0, 0.1) is 12.1 Å². The fourth-order valence-electron chi connectivity index (χ4n) is 1.84. The first-order chi connectivity index (χ1) is 6.99. The molecule has 1 heterocycles. The first-order valence-electron chi connectivity index (χ1n) is 5.53. The van der Waals surface area contributed by atoms with Gasteiger partial charge < -0.3 is 4.43 Å². The summed E-state index contributed by atoms with van der Waals surface area (Å²) in [7, 11) is -1.45. The quantitative estimate of drug-likeness (QED) is 0.696. The predicted octanol–water partition coefficient (Wildman–Crippen LogP) is 2.56. The molecule has 3 nitrogen and oxygen atoms in total. The van der Waals surface area contributed by atoms with Crippen molar-refractivity contribution in [3.05, 3.63) is 18.5 Å². The average molecular weight is 225 g/mol. The van der Waals surface area contributed by atoms with Crippen LogP contribution in [0.1, 0.15) is 13.8 Å². The van der Waals surface area contributed by atoms with Gasteiger partial charge in [0.25, 0.3) is 0 Å². The highest BCUT2D eigenvalue weighted by Gasteiger charge is 2.23. The standard InChI is InChI=1S/C11H21N2OSi/c1-11(2)10-15(3,4)14-9-8-13-7-5-6-12-13/h5,7,11H,8-10H2,1-4H3. The zero-order valence-corrected chi connectivity index (χ0v) is 11.2. The molecule has 1 aromatic heterocycles. The zero-order chi connectivity index (χ0) is 11.3. The summed E-state index contributed by atoms with van der Waals surface area (Å²) < 4.78 is 7.84. The second-order valence-corrected chi connectivity index (χ2v) is 9.13. The number of hydrogen-bond donors (Lipinski definition) is 0. The molecular formula is C11H21N2OSi. The molecule has 4 heteroatoms. The van der Waals surface area contributed by atoms with E-state index in [9.17, 15) is 0 Å². The van der Waals surface area contributed by atoms with Crippen LogP contribution in [-0.2, 0) is 11.0 Å². The Kier molecular flexibility index (Phi) is 4.54. The van der Waals surface area contributed by atoms with E-state index in [1.165, 1.54) is 6.04 Å². The summed E-state index contributed by atoms with van der Waals surface area (Å²) in [6.45, 7) is 10.7. The Balaban J connectivity index is 2.24. The Morgan fingerprint density at radius 2 is 2.20 bits per heavy atom. The fourth-order valence-corrected chi connectivity index (χ4v) is 4.57. The molecule has 0 aliphatic rings. The minimum Gasteiger partial charge on any atom is -0.415 e. The van der Waals surface area contributed by atoms with Crippen LogP contribution in [0.4, 0.5) is 0 Å². The van der Waals surface area contributed by atoms with E-state index in [2.05, 4.69) is 38.2 Å². The lowest BCUT2D eigenvalue weighted by Gasteiger charge is -2.24. The van der Waals surface area contributed by atoms with E-state index in [4.69, 9.17) is 4.43 Å². The largest absolute Gasteiger partial charge is 0.415 e. The molecule has 0 aliphatic heterocycles. The molecule has 0 fully saturated rings. The van der Waals surface area contributed by atoms with E-state index < -0.39 is 8.32 Å². The molecule has 15 heavy (non-hydrogen) atoms. The van der Waals surface area contributed by atoms with E-state index >= 15 is 0 Å². The number of nitrogens with zero attached hydrogens (tertiary/aromatic N) is 2. The van der Waals surface area contributed by atoms with E-state index in [1.54, 1.807) is 0 Å². The molecule has 0 atom stereocenters. The molecule has 1 rings (SSSR count). The van der Waals surface area contributed by atoms with Gasteiger partial charge in [-0.3, -0.25) is 4.68 Å². The molecule has 0 N–H and O–H groups in total. The third kappa shape index (κ3) is 5.13. The maximum atomic E-state index is 5.98. The van der Waals surface area contributed by atoms with Gasteiger partial charge in [0.05, 0.1) is 13.2 Å². The van der Waals surface area contributed by atoms with Gasteiger partial charge in [-0.25, -0.2) is 0 Å². The van der Waals surface area contributed by atoms with Crippen molar-refractivity contribution in [2.24, 2.45) is 5.92 Å². The number of hydrogen-bond acceptors (Lipinski definition) is 2. The molecule has 0 saturated carbocycles. The minimum atomic E-state index is -1.45. The van der Waals surface area contributed by atoms with Crippen molar-refractivity contribution in [1.82, 2.24) is 9.78 Å². The molecule has 85 valence electrons. The van der Waals surface area contributed by atoms with Crippen molar-refractivity contribution in [2.75, 3.05) is 6.61 Å². The van der Waals surface area contributed by atoms with Crippen LogP contribution in [0.5, 0.6) is 0 Å². The zero-order valence-electron chi connectivity index (χ0n) is 10.2. The van der Waals surface area contributed by atoms with Gasteiger partial charge in [-0.15, -0.1) is 0 Å². The van der Waals surface area contributed by atoms with Crippen LogP contribution < -0.4 is 0 Å². The lowest BCUT2D eigenvalue weighted by atomic mass is 10.3. The Morgan fingerprint density at radius 3 is 2.73 bits per heavy atom. The topological polar surface area (TPSA) is 27.1 Å². The van der Waals surface area contributed by atoms with Crippen molar-refractivity contribution >= 4 is 8.32 Å². The third-order valence-electron chi connectivity index (χ3n) is 2.22. The van der Waals surface area contributed by atoms with Crippen molar-refractivity contribution in [3.63, 3.8) is 0 Å². The highest BCUT2D eigenvalue weighted by atomic mass is 28.4. The molecule has 1 aromatic rings. The molecule has 0 bridgehead atoms. The van der Waals surface area contributed by atoms with Gasteiger partial charge in [0.15, 0.2) is 8.32 Å². The van der Waals surface area contributed by atoms with Gasteiger partial charge in [-0.2, -0.15) is 5.10 Å². The Labute approximate surface area is 93.6 Å². The van der Waals surface area contributed by atoms with E-state index in [0.29, 0.717) is 0 Å². The Hall–Kier alpha value is -0.613. The summed E-state index contributed by atoms with van der Waals surface area (Å²) >= 11 is 0. The summed E-state index contributed by atoms with van der Waals surface area (Å²) in [5, 5.41) is 4.02. The van der Waals surface area contributed by atoms with Gasteiger partial charge in [0.1, 0.15) is 6.20 Å². The normalized spacial score (nSPS) is 12.3. The van der Waals surface area contributed by atoms with Crippen molar-refractivity contribution < 1.29 is 4.43 Å². The molecule has 0 saturated heterocycles. The molecule has 0 aromatic carbocycles. The highest BCUT2D eigenvalue weighted by molar-refractivity contribution is 6.71. The summed E-state index contributed by atoms with van der Waals surface area (Å²) in [4.78, 5) is 0. The molecule has 0 amide bonds. The van der Waals surface area contributed by atoms with Crippen LogP contribution in [0.3, 0.4) is 0 Å². The molecule has 0 spiro atoms. The van der Waals surface area contributed by atoms with E-state index in [1.807, 2.05) is 16.9 Å².